The third kappa shape index (κ3) is 1.60. The summed E-state index contributed by atoms with van der Waals surface area (Å²) in [4.78, 5) is 16.7. The zero-order valence-electron chi connectivity index (χ0n) is 7.92. The van der Waals surface area contributed by atoms with Crippen LogP contribution in [0, 0.1) is 5.92 Å². The Kier molecular flexibility index (Phi) is 2.20. The van der Waals surface area contributed by atoms with E-state index in [4.69, 9.17) is 5.11 Å². The standard InChI is InChI=1S/C8H12N4O2/c1-11-7(9-5-10-11)4-12-2-6(3-12)8(13)14/h5-6H,2-4H2,1H3,(H,13,14). The molecule has 1 aromatic rings. The minimum absolute atomic E-state index is 0.205. The summed E-state index contributed by atoms with van der Waals surface area (Å²) in [5.41, 5.74) is 0. The summed E-state index contributed by atoms with van der Waals surface area (Å²) in [7, 11) is 1.83. The zero-order valence-corrected chi connectivity index (χ0v) is 7.92. The van der Waals surface area contributed by atoms with Crippen molar-refractivity contribution >= 4 is 5.97 Å². The van der Waals surface area contributed by atoms with E-state index in [1.165, 1.54) is 6.33 Å². The second-order valence-corrected chi connectivity index (χ2v) is 3.53. The number of hydrogen-bond donors (Lipinski definition) is 1. The molecule has 1 aliphatic rings. The molecule has 1 aliphatic heterocycles. The van der Waals surface area contributed by atoms with Gasteiger partial charge in [0.2, 0.25) is 0 Å². The molecule has 0 spiro atoms. The number of carbonyl (C=O) groups is 1. The molecule has 1 aromatic heterocycles. The molecule has 0 amide bonds. The highest BCUT2D eigenvalue weighted by molar-refractivity contribution is 5.71. The monoisotopic (exact) mass is 196 g/mol. The topological polar surface area (TPSA) is 71.2 Å². The van der Waals surface area contributed by atoms with E-state index in [2.05, 4.69) is 10.1 Å². The van der Waals surface area contributed by atoms with Crippen LogP contribution in [-0.2, 0) is 18.4 Å². The van der Waals surface area contributed by atoms with E-state index < -0.39 is 5.97 Å². The van der Waals surface area contributed by atoms with Crippen LogP contribution in [0.2, 0.25) is 0 Å². The van der Waals surface area contributed by atoms with Crippen LogP contribution in [0.4, 0.5) is 0 Å². The quantitative estimate of drug-likeness (QED) is 0.694. The van der Waals surface area contributed by atoms with E-state index >= 15 is 0 Å². The Hall–Kier alpha value is -1.43. The summed E-state index contributed by atoms with van der Waals surface area (Å²) >= 11 is 0. The van der Waals surface area contributed by atoms with E-state index in [0.29, 0.717) is 19.6 Å². The Labute approximate surface area is 81.2 Å². The van der Waals surface area contributed by atoms with Crippen LogP contribution in [0.25, 0.3) is 0 Å². The van der Waals surface area contributed by atoms with Gasteiger partial charge in [-0.2, -0.15) is 5.10 Å². The Morgan fingerprint density at radius 2 is 2.43 bits per heavy atom. The van der Waals surface area contributed by atoms with Crippen molar-refractivity contribution in [2.45, 2.75) is 6.54 Å². The first-order valence-electron chi connectivity index (χ1n) is 4.45. The molecule has 76 valence electrons. The van der Waals surface area contributed by atoms with Crippen LogP contribution in [-0.4, -0.2) is 43.8 Å². The lowest BCUT2D eigenvalue weighted by Crippen LogP contribution is -2.49. The lowest BCUT2D eigenvalue weighted by Gasteiger charge is -2.35. The van der Waals surface area contributed by atoms with Crippen LogP contribution >= 0.6 is 0 Å². The number of rotatable bonds is 3. The fraction of sp³-hybridized carbons (Fsp3) is 0.625. The molecule has 1 N–H and O–H groups in total. The van der Waals surface area contributed by atoms with E-state index in [1.807, 2.05) is 11.9 Å². The summed E-state index contributed by atoms with van der Waals surface area (Å²) in [6.45, 7) is 1.91. The Morgan fingerprint density at radius 3 is 2.93 bits per heavy atom. The number of aliphatic carboxylic acids is 1. The molecule has 0 unspecified atom stereocenters. The average Bonchev–Trinajstić information content (AvgIpc) is 2.42. The first kappa shape index (κ1) is 9.14. The molecular weight excluding hydrogens is 184 g/mol. The molecule has 0 saturated carbocycles. The predicted octanol–water partition coefficient (Wildman–Crippen LogP) is -0.669. The maximum absolute atomic E-state index is 10.5. The molecule has 1 fully saturated rings. The lowest BCUT2D eigenvalue weighted by atomic mass is 10.0. The van der Waals surface area contributed by atoms with Gasteiger partial charge in [-0.3, -0.25) is 14.4 Å². The van der Waals surface area contributed by atoms with Crippen LogP contribution in [0.15, 0.2) is 6.33 Å². The minimum Gasteiger partial charge on any atom is -0.481 e. The number of likely N-dealkylation sites (tertiary alicyclic amines) is 1. The Bertz CT molecular complexity index is 343. The van der Waals surface area contributed by atoms with Crippen LogP contribution in [0.5, 0.6) is 0 Å². The number of aromatic nitrogens is 3. The van der Waals surface area contributed by atoms with Crippen molar-refractivity contribution in [2.24, 2.45) is 13.0 Å². The number of hydrogen-bond acceptors (Lipinski definition) is 4. The molecule has 0 atom stereocenters. The van der Waals surface area contributed by atoms with Crippen molar-refractivity contribution in [3.8, 4) is 0 Å². The molecule has 2 heterocycles. The van der Waals surface area contributed by atoms with Gasteiger partial charge >= 0.3 is 5.97 Å². The van der Waals surface area contributed by atoms with Gasteiger partial charge in [0.05, 0.1) is 12.5 Å². The van der Waals surface area contributed by atoms with E-state index in [9.17, 15) is 4.79 Å². The third-order valence-electron chi connectivity index (χ3n) is 2.48. The maximum Gasteiger partial charge on any atom is 0.309 e. The maximum atomic E-state index is 10.5. The fourth-order valence-electron chi connectivity index (χ4n) is 1.52. The normalized spacial score (nSPS) is 18.1. The zero-order chi connectivity index (χ0) is 10.1. The second kappa shape index (κ2) is 3.38. The number of carboxylic acid groups (broad SMARTS) is 1. The van der Waals surface area contributed by atoms with E-state index in [0.717, 1.165) is 5.82 Å². The van der Waals surface area contributed by atoms with Gasteiger partial charge in [0, 0.05) is 20.1 Å². The molecule has 1 saturated heterocycles. The first-order chi connectivity index (χ1) is 6.66. The van der Waals surface area contributed by atoms with Crippen molar-refractivity contribution in [1.82, 2.24) is 19.7 Å². The summed E-state index contributed by atoms with van der Waals surface area (Å²) in [6, 6.07) is 0. The number of nitrogens with zero attached hydrogens (tertiary/aromatic N) is 4. The van der Waals surface area contributed by atoms with Gasteiger partial charge in [-0.05, 0) is 0 Å². The fourth-order valence-corrected chi connectivity index (χ4v) is 1.52. The van der Waals surface area contributed by atoms with E-state index in [-0.39, 0.29) is 5.92 Å². The first-order valence-corrected chi connectivity index (χ1v) is 4.45. The molecule has 6 heteroatoms. The van der Waals surface area contributed by atoms with Gasteiger partial charge in [0.1, 0.15) is 12.2 Å². The van der Waals surface area contributed by atoms with Crippen LogP contribution in [0.3, 0.4) is 0 Å². The second-order valence-electron chi connectivity index (χ2n) is 3.53. The molecule has 6 nitrogen and oxygen atoms in total. The van der Waals surface area contributed by atoms with Crippen molar-refractivity contribution in [3.63, 3.8) is 0 Å². The van der Waals surface area contributed by atoms with Gasteiger partial charge in [0.15, 0.2) is 0 Å². The highest BCUT2D eigenvalue weighted by atomic mass is 16.4. The number of carboxylic acids is 1. The molecule has 0 aliphatic carbocycles. The van der Waals surface area contributed by atoms with Gasteiger partial charge in [-0.25, -0.2) is 4.98 Å². The molecule has 2 rings (SSSR count). The van der Waals surface area contributed by atoms with Crippen molar-refractivity contribution in [1.29, 1.82) is 0 Å². The number of aryl methyl sites for hydroxylation is 1. The summed E-state index contributed by atoms with van der Waals surface area (Å²) < 4.78 is 1.70. The smallest absolute Gasteiger partial charge is 0.309 e. The average molecular weight is 196 g/mol. The van der Waals surface area contributed by atoms with Gasteiger partial charge in [-0.1, -0.05) is 0 Å². The molecule has 0 aromatic carbocycles. The Balaban J connectivity index is 1.85. The summed E-state index contributed by atoms with van der Waals surface area (Å²) in [5.74, 6) is -0.0451. The Morgan fingerprint density at radius 1 is 1.71 bits per heavy atom. The highest BCUT2D eigenvalue weighted by Crippen LogP contribution is 2.17. The summed E-state index contributed by atoms with van der Waals surface area (Å²) in [5, 5.41) is 12.6. The van der Waals surface area contributed by atoms with Crippen LogP contribution in [0.1, 0.15) is 5.82 Å². The third-order valence-corrected chi connectivity index (χ3v) is 2.48. The lowest BCUT2D eigenvalue weighted by molar-refractivity contribution is -0.147. The molecule has 0 radical (unpaired) electrons. The van der Waals surface area contributed by atoms with Crippen molar-refractivity contribution < 1.29 is 9.90 Å². The van der Waals surface area contributed by atoms with Gasteiger partial charge < -0.3 is 5.11 Å². The summed E-state index contributed by atoms with van der Waals surface area (Å²) in [6.07, 6.45) is 1.50. The minimum atomic E-state index is -0.709. The molecule has 0 bridgehead atoms. The highest BCUT2D eigenvalue weighted by Gasteiger charge is 2.32. The molecular formula is C8H12N4O2. The van der Waals surface area contributed by atoms with Crippen LogP contribution < -0.4 is 0 Å². The predicted molar refractivity (Wildman–Crippen MR) is 47.4 cm³/mol. The van der Waals surface area contributed by atoms with Crippen molar-refractivity contribution in [3.05, 3.63) is 12.2 Å². The van der Waals surface area contributed by atoms with Crippen molar-refractivity contribution in [2.75, 3.05) is 13.1 Å². The largest absolute Gasteiger partial charge is 0.481 e. The van der Waals surface area contributed by atoms with E-state index in [1.54, 1.807) is 4.68 Å². The van der Waals surface area contributed by atoms with Gasteiger partial charge in [0.25, 0.3) is 0 Å². The van der Waals surface area contributed by atoms with Gasteiger partial charge in [-0.15, -0.1) is 0 Å². The SMILES string of the molecule is Cn1ncnc1CN1CC(C(=O)O)C1. The molecule has 14 heavy (non-hydrogen) atoms.